The Kier molecular flexibility index (Phi) is 51.7. The summed E-state index contributed by atoms with van der Waals surface area (Å²) in [7, 11) is 0. The molecule has 0 aromatic heterocycles. The van der Waals surface area contributed by atoms with Gasteiger partial charge >= 0.3 is 29.6 Å². The number of nitrogens with zero attached hydrogens (tertiary/aromatic N) is 7. The van der Waals surface area contributed by atoms with E-state index in [2.05, 4.69) is 153 Å². The molecule has 8 rings (SSSR count). The molecule has 560 valence electrons. The van der Waals surface area contributed by atoms with Crippen molar-refractivity contribution < 1.29 is 104 Å². The Balaban J connectivity index is -0.00000123. The molecule has 15 nitrogen and oxygen atoms in total. The maximum Gasteiger partial charge on any atom is 1.00 e. The van der Waals surface area contributed by atoms with Gasteiger partial charge in [-0.2, -0.15) is 0 Å². The van der Waals surface area contributed by atoms with E-state index >= 15 is 0 Å². The normalized spacial score (nSPS) is 11.1. The summed E-state index contributed by atoms with van der Waals surface area (Å²) >= 11 is 5.53. The summed E-state index contributed by atoms with van der Waals surface area (Å²) in [5.41, 5.74) is 16.9. The second kappa shape index (κ2) is 53.1. The Morgan fingerprint density at radius 3 is 0.806 bits per heavy atom. The van der Waals surface area contributed by atoms with Crippen molar-refractivity contribution in [3.05, 3.63) is 261 Å². The smallest absolute Gasteiger partial charge is 1.00 e. The number of amides is 1. The first-order chi connectivity index (χ1) is 46.5. The Morgan fingerprint density at radius 1 is 0.379 bits per heavy atom. The first kappa shape index (κ1) is 100. The fourth-order valence-electron chi connectivity index (χ4n) is 11.8. The van der Waals surface area contributed by atoms with E-state index in [0.717, 1.165) is 153 Å². The topological polar surface area (TPSA) is 232 Å². The van der Waals surface area contributed by atoms with Crippen LogP contribution in [0.15, 0.2) is 209 Å². The standard InChI is InChI=1S/3C21H28N2O.C14H22N2O.C7H7Cl.2ClH.Na.3H2O/c3*1-5-23(6-2,15-19-13-8-7-9-14-19)16-20(24)22-21-17(3)11-10-12-18(21)4;1-5-16(6-2)10-13(17)15-14-11(3)8-7-9-12(14)4;8-6-7-4-2-1-3-5-7;;;;;;/h3*7-14H,5-6,15-16H2,1-4H3;7-9H,5-6,10H2,1-4H3,(H,15,17);1-5H,6H2;2*1H;;3*1H2/q;;;;;;;+1;;;/p-3. The van der Waals surface area contributed by atoms with E-state index in [9.17, 15) is 20.1 Å². The van der Waals surface area contributed by atoms with E-state index in [1.807, 2.05) is 177 Å². The van der Waals surface area contributed by atoms with Crippen LogP contribution in [0.5, 0.6) is 0 Å². The van der Waals surface area contributed by atoms with Crippen molar-refractivity contribution >= 4 is 58.0 Å². The zero-order chi connectivity index (χ0) is 71.4. The molecule has 0 radical (unpaired) electrons. The van der Waals surface area contributed by atoms with Crippen LogP contribution in [0, 0.1) is 55.4 Å². The maximum atomic E-state index is 12.7. The van der Waals surface area contributed by atoms with Gasteiger partial charge in [0, 0.05) is 46.0 Å². The second-order valence-corrected chi connectivity index (χ2v) is 25.7. The van der Waals surface area contributed by atoms with Crippen LogP contribution in [-0.2, 0) is 30.3 Å². The molecule has 19 heteroatoms. The van der Waals surface area contributed by atoms with Crippen molar-refractivity contribution in [3.63, 3.8) is 0 Å². The number of aryl methyl sites for hydroxylation is 8. The number of carbonyl (C=O) groups is 1. The predicted molar refractivity (Wildman–Crippen MR) is 416 cm³/mol. The molecule has 8 aromatic rings. The number of anilines is 1. The van der Waals surface area contributed by atoms with Gasteiger partial charge in [0.2, 0.25) is 5.91 Å². The molecule has 0 atom stereocenters. The number of para-hydroxylation sites is 4. The molecule has 0 bridgehead atoms. The third-order valence-corrected chi connectivity index (χ3v) is 18.9. The third-order valence-electron chi connectivity index (χ3n) is 18.6. The summed E-state index contributed by atoms with van der Waals surface area (Å²) in [6, 6.07) is 65.2. The number of halogens is 3. The van der Waals surface area contributed by atoms with Crippen molar-refractivity contribution in [3.8, 4) is 0 Å². The van der Waals surface area contributed by atoms with Crippen molar-refractivity contribution in [2.24, 2.45) is 15.0 Å². The van der Waals surface area contributed by atoms with Gasteiger partial charge in [0.15, 0.2) is 0 Å². The van der Waals surface area contributed by atoms with Crippen LogP contribution < -0.4 is 75.0 Å². The van der Waals surface area contributed by atoms with E-state index in [4.69, 9.17) is 11.6 Å². The minimum absolute atomic E-state index is 0. The Morgan fingerprint density at radius 2 is 0.602 bits per heavy atom. The van der Waals surface area contributed by atoms with Gasteiger partial charge in [-0.3, -0.25) is 24.7 Å². The minimum atomic E-state index is -0.0352. The fraction of sp³-hybridized carbons (Fsp3) is 0.381. The van der Waals surface area contributed by atoms with Crippen LogP contribution in [0.3, 0.4) is 0 Å². The monoisotopic (exact) mass is 1480 g/mol. The van der Waals surface area contributed by atoms with Crippen LogP contribution in [0.4, 0.5) is 22.7 Å². The van der Waals surface area contributed by atoms with Gasteiger partial charge in [-0.1, -0.05) is 208 Å². The molecule has 0 spiro atoms. The molecule has 0 heterocycles. The number of hydrogen-bond donors (Lipinski definition) is 1. The van der Waals surface area contributed by atoms with Gasteiger partial charge < -0.3 is 75.3 Å². The van der Waals surface area contributed by atoms with Crippen LogP contribution in [0.2, 0.25) is 0 Å². The number of carbonyl (C=O) groups excluding carboxylic acids is 1. The van der Waals surface area contributed by atoms with Crippen molar-refractivity contribution in [2.45, 2.75) is 136 Å². The number of quaternary nitrogens is 3. The number of hydrogen-bond acceptors (Lipinski definition) is 9. The fourth-order valence-corrected chi connectivity index (χ4v) is 12.0. The van der Waals surface area contributed by atoms with E-state index < -0.39 is 0 Å². The van der Waals surface area contributed by atoms with E-state index in [1.165, 1.54) is 22.3 Å². The first-order valence-corrected chi connectivity index (χ1v) is 35.3. The van der Waals surface area contributed by atoms with Gasteiger partial charge in [-0.25, -0.2) is 0 Å². The first-order valence-electron chi connectivity index (χ1n) is 34.8. The number of likely N-dealkylation sites (N-methyl/N-ethyl adjacent to an activating group) is 4. The molecule has 1 amide bonds. The van der Waals surface area contributed by atoms with Crippen LogP contribution >= 0.6 is 11.6 Å². The average Bonchev–Trinajstić information content (AvgIpc) is 0.849. The molecule has 8 aromatic carbocycles. The molecule has 6 N–H and O–H groups in total. The number of benzene rings is 8. The molecule has 0 unspecified atom stereocenters. The van der Waals surface area contributed by atoms with E-state index in [1.54, 1.807) is 0 Å². The summed E-state index contributed by atoms with van der Waals surface area (Å²) in [5.74, 6) is 0.568. The molecule has 0 fully saturated rings. The summed E-state index contributed by atoms with van der Waals surface area (Å²) < 4.78 is 2.20. The zero-order valence-electron chi connectivity index (χ0n) is 64.6. The third kappa shape index (κ3) is 34.4. The molecule has 0 saturated heterocycles. The van der Waals surface area contributed by atoms with Crippen molar-refractivity contribution in [2.75, 3.05) is 83.9 Å². The van der Waals surface area contributed by atoms with Gasteiger partial charge in [-0.15, -0.1) is 11.6 Å². The average molecular weight is 1480 g/mol. The molecule has 0 aliphatic rings. The molecule has 0 aliphatic heterocycles. The van der Waals surface area contributed by atoms with E-state index in [0.29, 0.717) is 32.1 Å². The quantitative estimate of drug-likeness (QED) is 0.0231. The summed E-state index contributed by atoms with van der Waals surface area (Å²) in [4.78, 5) is 27.3. The number of rotatable bonds is 27. The van der Waals surface area contributed by atoms with Crippen molar-refractivity contribution in [1.29, 1.82) is 0 Å². The van der Waals surface area contributed by atoms with Gasteiger partial charge in [0.05, 0.1) is 62.9 Å². The summed E-state index contributed by atoms with van der Waals surface area (Å²) in [6.45, 7) is 44.8. The zero-order valence-corrected chi connectivity index (χ0v) is 68.9. The summed E-state index contributed by atoms with van der Waals surface area (Å²) in [5, 5.41) is 41.0. The van der Waals surface area contributed by atoms with Gasteiger partial charge in [-0.05, 0) is 160 Å². The van der Waals surface area contributed by atoms with Crippen molar-refractivity contribution in [1.82, 2.24) is 4.90 Å². The molecule has 0 aliphatic carbocycles. The molecular formula is C84H118Cl3N8NaO7-2. The van der Waals surface area contributed by atoms with Gasteiger partial charge in [0.1, 0.15) is 39.3 Å². The second-order valence-electron chi connectivity index (χ2n) is 25.5. The van der Waals surface area contributed by atoms with E-state index in [-0.39, 0.29) is 94.4 Å². The number of alkyl halides is 1. The summed E-state index contributed by atoms with van der Waals surface area (Å²) in [6.07, 6.45) is 0. The van der Waals surface area contributed by atoms with Crippen LogP contribution in [0.1, 0.15) is 122 Å². The Hall–Kier alpha value is -6.77. The molecular weight excluding hydrogens is 1360 g/mol. The number of aliphatic imine (C=N–C) groups is 3. The minimum Gasteiger partial charge on any atom is -1.00 e. The van der Waals surface area contributed by atoms with Crippen LogP contribution in [-0.4, -0.2) is 137 Å². The SMILES string of the molecule is CCN(CC)CC(=O)Nc1c(C)cccc1C.CC[N+](CC)(CC([O-])=Nc1c(C)cccc1C)Cc1ccccc1.CC[N+](CC)(CC([O-])=Nc1c(C)cccc1C)Cc1ccccc1.CC[N+](CC)(CC([O-])=Nc1c(C)cccc1C)Cc1ccccc1.ClCc1ccccc1.O.O.[Cl-].[Cl-].[Na+].[OH-]. The molecule has 0 saturated carbocycles. The predicted octanol–water partition coefficient (Wildman–Crippen LogP) is 5.45. The largest absolute Gasteiger partial charge is 1.00 e. The van der Waals surface area contributed by atoms with Gasteiger partial charge in [0.25, 0.3) is 0 Å². The Labute approximate surface area is 658 Å². The maximum absolute atomic E-state index is 12.7. The molecule has 103 heavy (non-hydrogen) atoms. The number of nitrogens with one attached hydrogen (secondary N) is 1. The van der Waals surface area contributed by atoms with Crippen LogP contribution in [0.25, 0.3) is 0 Å². The Bertz CT molecular complexity index is 3330.